The number of rotatable bonds is 7. The number of benzene rings is 1. The number of carboxylic acids is 2. The summed E-state index contributed by atoms with van der Waals surface area (Å²) in [5.41, 5.74) is 3.56. The lowest BCUT2D eigenvalue weighted by Crippen LogP contribution is -2.46. The first kappa shape index (κ1) is 29.7. The molecule has 2 aromatic rings. The summed E-state index contributed by atoms with van der Waals surface area (Å²) < 4.78 is 6.01. The standard InChI is InChI=1S/C24H34N4O2.C2H2O4.H2O/c1-19(2)30-23-8-4-3-7-22(23)27-15-13-26(14-16-27)17-20-10-11-21(25-20)18-28-12-6-5-9-24(28)29;3-1(4)2(5)6;/h3-4,7-8,10-11,19,25H,5-6,9,12-18H2,1-2H3;(H,3,4)(H,5,6);1H2. The fourth-order valence-corrected chi connectivity index (χ4v) is 4.37. The fraction of sp³-hybridized carbons (Fsp3) is 0.500. The average Bonchev–Trinajstić information content (AvgIpc) is 3.28. The van der Waals surface area contributed by atoms with E-state index in [2.05, 4.69) is 59.0 Å². The van der Waals surface area contributed by atoms with Crippen LogP contribution in [0.3, 0.4) is 0 Å². The van der Waals surface area contributed by atoms with Crippen molar-refractivity contribution in [3.8, 4) is 5.75 Å². The molecule has 1 amide bonds. The largest absolute Gasteiger partial charge is 0.489 e. The van der Waals surface area contributed by atoms with Crippen molar-refractivity contribution in [2.75, 3.05) is 37.6 Å². The number of nitrogens with one attached hydrogen (secondary N) is 1. The highest BCUT2D eigenvalue weighted by Gasteiger charge is 2.21. The molecule has 0 spiro atoms. The van der Waals surface area contributed by atoms with Gasteiger partial charge in [-0.3, -0.25) is 9.69 Å². The average molecular weight is 519 g/mol. The van der Waals surface area contributed by atoms with Crippen LogP contribution in [0.15, 0.2) is 36.4 Å². The van der Waals surface area contributed by atoms with Crippen LogP contribution in [0.2, 0.25) is 0 Å². The number of aliphatic carboxylic acids is 2. The van der Waals surface area contributed by atoms with E-state index in [1.165, 1.54) is 11.4 Å². The lowest BCUT2D eigenvalue weighted by atomic mass is 10.1. The summed E-state index contributed by atoms with van der Waals surface area (Å²) in [4.78, 5) is 40.7. The van der Waals surface area contributed by atoms with Gasteiger partial charge in [0.25, 0.3) is 0 Å². The van der Waals surface area contributed by atoms with Crippen molar-refractivity contribution in [1.29, 1.82) is 0 Å². The number of carbonyl (C=O) groups is 3. The molecule has 4 rings (SSSR count). The van der Waals surface area contributed by atoms with Gasteiger partial charge in [-0.1, -0.05) is 12.1 Å². The Balaban J connectivity index is 0.000000618. The van der Waals surface area contributed by atoms with Gasteiger partial charge in [0, 0.05) is 57.1 Å². The number of aromatic amines is 1. The van der Waals surface area contributed by atoms with Crippen LogP contribution in [0.1, 0.15) is 44.5 Å². The molecule has 2 saturated heterocycles. The van der Waals surface area contributed by atoms with Crippen molar-refractivity contribution in [3.63, 3.8) is 0 Å². The molecule has 11 nitrogen and oxygen atoms in total. The number of H-pyrrole nitrogens is 1. The van der Waals surface area contributed by atoms with Gasteiger partial charge in [0.15, 0.2) is 0 Å². The molecule has 0 bridgehead atoms. The molecule has 0 aliphatic carbocycles. The molecule has 3 heterocycles. The minimum absolute atomic E-state index is 0. The number of carbonyl (C=O) groups excluding carboxylic acids is 1. The molecule has 0 atom stereocenters. The van der Waals surface area contributed by atoms with E-state index in [0.29, 0.717) is 13.0 Å². The monoisotopic (exact) mass is 518 g/mol. The summed E-state index contributed by atoms with van der Waals surface area (Å²) in [6, 6.07) is 12.6. The number of anilines is 1. The zero-order valence-electron chi connectivity index (χ0n) is 21.5. The molecule has 204 valence electrons. The van der Waals surface area contributed by atoms with Crippen LogP contribution in [0.25, 0.3) is 0 Å². The Bertz CT molecular complexity index is 1020. The number of carboxylic acid groups (broad SMARTS) is 2. The van der Waals surface area contributed by atoms with Gasteiger partial charge in [-0.25, -0.2) is 9.59 Å². The third kappa shape index (κ3) is 9.10. The van der Waals surface area contributed by atoms with E-state index in [0.717, 1.165) is 63.6 Å². The summed E-state index contributed by atoms with van der Waals surface area (Å²) in [7, 11) is 0. The number of amides is 1. The highest BCUT2D eigenvalue weighted by atomic mass is 16.5. The first-order valence-corrected chi connectivity index (χ1v) is 12.4. The molecule has 1 aromatic carbocycles. The van der Waals surface area contributed by atoms with Crippen LogP contribution < -0.4 is 9.64 Å². The Morgan fingerprint density at radius 3 is 2.14 bits per heavy atom. The van der Waals surface area contributed by atoms with E-state index in [1.54, 1.807) is 0 Å². The van der Waals surface area contributed by atoms with Gasteiger partial charge in [-0.15, -0.1) is 0 Å². The molecular formula is C26H38N4O7. The highest BCUT2D eigenvalue weighted by Crippen LogP contribution is 2.29. The number of likely N-dealkylation sites (tertiary alicyclic amines) is 1. The maximum atomic E-state index is 12.0. The zero-order valence-corrected chi connectivity index (χ0v) is 21.5. The van der Waals surface area contributed by atoms with Crippen molar-refractivity contribution >= 4 is 23.5 Å². The van der Waals surface area contributed by atoms with Gasteiger partial charge in [0.1, 0.15) is 5.75 Å². The van der Waals surface area contributed by atoms with E-state index in [-0.39, 0.29) is 17.5 Å². The Hall–Kier alpha value is -3.57. The Morgan fingerprint density at radius 1 is 0.919 bits per heavy atom. The van der Waals surface area contributed by atoms with E-state index < -0.39 is 11.9 Å². The van der Waals surface area contributed by atoms with Gasteiger partial charge in [0.05, 0.1) is 18.3 Å². The molecule has 1 aromatic heterocycles. The lowest BCUT2D eigenvalue weighted by molar-refractivity contribution is -0.159. The number of hydrogen-bond donors (Lipinski definition) is 3. The third-order valence-corrected chi connectivity index (χ3v) is 6.11. The molecule has 2 aliphatic heterocycles. The highest BCUT2D eigenvalue weighted by molar-refractivity contribution is 6.27. The van der Waals surface area contributed by atoms with Crippen LogP contribution >= 0.6 is 0 Å². The van der Waals surface area contributed by atoms with Crippen LogP contribution in [0.5, 0.6) is 5.75 Å². The maximum Gasteiger partial charge on any atom is 0.414 e. The Kier molecular flexibility index (Phi) is 11.4. The molecule has 11 heteroatoms. The first-order valence-electron chi connectivity index (χ1n) is 12.4. The van der Waals surface area contributed by atoms with Crippen LogP contribution in [-0.2, 0) is 27.5 Å². The van der Waals surface area contributed by atoms with E-state index in [1.807, 2.05) is 11.0 Å². The van der Waals surface area contributed by atoms with Gasteiger partial charge in [-0.05, 0) is 51.0 Å². The molecule has 2 fully saturated rings. The predicted octanol–water partition coefficient (Wildman–Crippen LogP) is 1.97. The minimum atomic E-state index is -1.82. The number of hydrogen-bond acceptors (Lipinski definition) is 6. The normalized spacial score (nSPS) is 16.0. The number of piperidine rings is 1. The second kappa shape index (κ2) is 14.2. The summed E-state index contributed by atoms with van der Waals surface area (Å²) >= 11 is 0. The van der Waals surface area contributed by atoms with Crippen molar-refractivity contribution in [1.82, 2.24) is 14.8 Å². The lowest BCUT2D eigenvalue weighted by Gasteiger charge is -2.36. The predicted molar refractivity (Wildman–Crippen MR) is 139 cm³/mol. The zero-order chi connectivity index (χ0) is 26.1. The molecule has 2 aliphatic rings. The fourth-order valence-electron chi connectivity index (χ4n) is 4.37. The van der Waals surface area contributed by atoms with Crippen LogP contribution in [-0.4, -0.2) is 87.1 Å². The van der Waals surface area contributed by atoms with E-state index >= 15 is 0 Å². The molecule has 0 unspecified atom stereocenters. The molecule has 37 heavy (non-hydrogen) atoms. The summed E-state index contributed by atoms with van der Waals surface area (Å²) in [5, 5.41) is 14.8. The molecule has 0 radical (unpaired) electrons. The number of aromatic nitrogens is 1. The third-order valence-electron chi connectivity index (χ3n) is 6.11. The van der Waals surface area contributed by atoms with Gasteiger partial charge < -0.3 is 35.2 Å². The van der Waals surface area contributed by atoms with Crippen molar-refractivity contribution in [2.45, 2.75) is 52.3 Å². The second-order valence-corrected chi connectivity index (χ2v) is 9.29. The quantitative estimate of drug-likeness (QED) is 0.469. The second-order valence-electron chi connectivity index (χ2n) is 9.29. The number of piperazine rings is 1. The van der Waals surface area contributed by atoms with Gasteiger partial charge in [-0.2, -0.15) is 0 Å². The van der Waals surface area contributed by atoms with Crippen molar-refractivity contribution < 1.29 is 34.8 Å². The summed E-state index contributed by atoms with van der Waals surface area (Å²) in [6.45, 7) is 10.7. The first-order chi connectivity index (χ1) is 17.2. The van der Waals surface area contributed by atoms with E-state index in [9.17, 15) is 4.79 Å². The maximum absolute atomic E-state index is 12.0. The van der Waals surface area contributed by atoms with Gasteiger partial charge in [0.2, 0.25) is 5.91 Å². The summed E-state index contributed by atoms with van der Waals surface area (Å²) in [6.07, 6.45) is 3.03. The topological polar surface area (TPSA) is 158 Å². The van der Waals surface area contributed by atoms with Crippen molar-refractivity contribution in [2.24, 2.45) is 0 Å². The van der Waals surface area contributed by atoms with Crippen LogP contribution in [0.4, 0.5) is 5.69 Å². The molecule has 0 saturated carbocycles. The molecule has 5 N–H and O–H groups in total. The smallest absolute Gasteiger partial charge is 0.414 e. The Labute approximate surface area is 216 Å². The number of ether oxygens (including phenoxy) is 1. The molecular weight excluding hydrogens is 480 g/mol. The van der Waals surface area contributed by atoms with E-state index in [4.69, 9.17) is 24.5 Å². The van der Waals surface area contributed by atoms with Crippen LogP contribution in [0, 0.1) is 0 Å². The Morgan fingerprint density at radius 2 is 1.54 bits per heavy atom. The SMILES string of the molecule is CC(C)Oc1ccccc1N1CCN(Cc2ccc(CN3CCCCC3=O)[nH]2)CC1.O.O=C(O)C(=O)O. The van der Waals surface area contributed by atoms with Gasteiger partial charge >= 0.3 is 11.9 Å². The number of para-hydroxylation sites is 2. The summed E-state index contributed by atoms with van der Waals surface area (Å²) in [5.74, 6) is -2.39. The number of nitrogens with zero attached hydrogens (tertiary/aromatic N) is 3. The van der Waals surface area contributed by atoms with Crippen molar-refractivity contribution in [3.05, 3.63) is 47.8 Å². The minimum Gasteiger partial charge on any atom is -0.489 e.